The summed E-state index contributed by atoms with van der Waals surface area (Å²) < 4.78 is 0. The molecule has 0 unspecified atom stereocenters. The van der Waals surface area contributed by atoms with Crippen LogP contribution < -0.4 is 5.73 Å². The molecule has 0 radical (unpaired) electrons. The van der Waals surface area contributed by atoms with Crippen LogP contribution >= 0.6 is 0 Å². The Morgan fingerprint density at radius 3 is 2.64 bits per heavy atom. The summed E-state index contributed by atoms with van der Waals surface area (Å²) >= 11 is 0. The zero-order valence-corrected chi connectivity index (χ0v) is 7.56. The molecule has 0 bridgehead atoms. The van der Waals surface area contributed by atoms with Gasteiger partial charge in [0.05, 0.1) is 13.0 Å². The lowest BCUT2D eigenvalue weighted by molar-refractivity contribution is -0.136. The van der Waals surface area contributed by atoms with Crippen molar-refractivity contribution in [1.29, 1.82) is 0 Å². The molecule has 4 heteroatoms. The van der Waals surface area contributed by atoms with E-state index in [-0.39, 0.29) is 18.7 Å². The Hall–Kier alpha value is -1.68. The third kappa shape index (κ3) is 2.67. The van der Waals surface area contributed by atoms with Crippen molar-refractivity contribution in [3.8, 4) is 0 Å². The van der Waals surface area contributed by atoms with Gasteiger partial charge in [-0.3, -0.25) is 9.59 Å². The number of benzene rings is 1. The Morgan fingerprint density at radius 1 is 1.36 bits per heavy atom. The van der Waals surface area contributed by atoms with E-state index in [1.165, 1.54) is 0 Å². The van der Waals surface area contributed by atoms with E-state index in [0.29, 0.717) is 11.1 Å². The molecule has 74 valence electrons. The van der Waals surface area contributed by atoms with E-state index in [1.54, 1.807) is 24.3 Å². The lowest BCUT2D eigenvalue weighted by Gasteiger charge is -2.00. The molecule has 1 rings (SSSR count). The van der Waals surface area contributed by atoms with Crippen molar-refractivity contribution < 1.29 is 14.7 Å². The average molecular weight is 193 g/mol. The minimum absolute atomic E-state index is 0.0590. The molecule has 0 aliphatic heterocycles. The number of aliphatic carboxylic acids is 1. The summed E-state index contributed by atoms with van der Waals surface area (Å²) in [4.78, 5) is 21.6. The Labute approximate surface area is 81.3 Å². The van der Waals surface area contributed by atoms with E-state index in [1.807, 2.05) is 0 Å². The number of hydrogen-bond donors (Lipinski definition) is 2. The summed E-state index contributed by atoms with van der Waals surface area (Å²) in [6.07, 6.45) is -0.0777. The summed E-state index contributed by atoms with van der Waals surface area (Å²) in [5.74, 6) is -1.10. The number of ketones is 1. The van der Waals surface area contributed by atoms with Crippen LogP contribution in [0.1, 0.15) is 15.9 Å². The number of hydrogen-bond acceptors (Lipinski definition) is 3. The smallest absolute Gasteiger partial charge is 0.307 e. The first-order valence-corrected chi connectivity index (χ1v) is 4.17. The van der Waals surface area contributed by atoms with Crippen LogP contribution in [-0.2, 0) is 11.2 Å². The number of carbonyl (C=O) groups is 2. The molecule has 0 heterocycles. The maximum Gasteiger partial charge on any atom is 0.307 e. The van der Waals surface area contributed by atoms with Gasteiger partial charge in [-0.2, -0.15) is 0 Å². The summed E-state index contributed by atoms with van der Waals surface area (Å²) in [7, 11) is 0. The van der Waals surface area contributed by atoms with Crippen molar-refractivity contribution in [3.05, 3.63) is 35.4 Å². The Balaban J connectivity index is 2.89. The van der Waals surface area contributed by atoms with Crippen molar-refractivity contribution in [2.75, 3.05) is 6.54 Å². The van der Waals surface area contributed by atoms with Crippen LogP contribution in [0.25, 0.3) is 0 Å². The number of nitrogens with two attached hydrogens (primary N) is 1. The highest BCUT2D eigenvalue weighted by Gasteiger charge is 2.05. The molecule has 0 saturated heterocycles. The quantitative estimate of drug-likeness (QED) is 0.680. The van der Waals surface area contributed by atoms with Crippen LogP contribution in [0.2, 0.25) is 0 Å². The molecule has 0 aliphatic rings. The molecule has 0 spiro atoms. The highest BCUT2D eigenvalue weighted by atomic mass is 16.4. The topological polar surface area (TPSA) is 80.4 Å². The molecule has 1 aromatic carbocycles. The van der Waals surface area contributed by atoms with Crippen molar-refractivity contribution in [3.63, 3.8) is 0 Å². The number of carbonyl (C=O) groups excluding carboxylic acids is 1. The Kier molecular flexibility index (Phi) is 3.36. The van der Waals surface area contributed by atoms with E-state index in [2.05, 4.69) is 0 Å². The Bertz CT molecular complexity index is 360. The van der Waals surface area contributed by atoms with Gasteiger partial charge >= 0.3 is 5.97 Å². The second kappa shape index (κ2) is 4.53. The van der Waals surface area contributed by atoms with E-state index in [4.69, 9.17) is 10.8 Å². The van der Waals surface area contributed by atoms with Gasteiger partial charge in [0.15, 0.2) is 5.78 Å². The fourth-order valence-corrected chi connectivity index (χ4v) is 1.15. The van der Waals surface area contributed by atoms with Gasteiger partial charge in [0.25, 0.3) is 0 Å². The van der Waals surface area contributed by atoms with Gasteiger partial charge in [-0.15, -0.1) is 0 Å². The second-order valence-corrected chi connectivity index (χ2v) is 2.90. The highest BCUT2D eigenvalue weighted by molar-refractivity contribution is 5.97. The maximum atomic E-state index is 11.2. The van der Waals surface area contributed by atoms with E-state index in [9.17, 15) is 9.59 Å². The van der Waals surface area contributed by atoms with Crippen molar-refractivity contribution in [2.24, 2.45) is 5.73 Å². The van der Waals surface area contributed by atoms with Gasteiger partial charge < -0.3 is 10.8 Å². The number of rotatable bonds is 4. The van der Waals surface area contributed by atoms with E-state index < -0.39 is 5.97 Å². The minimum atomic E-state index is -0.914. The van der Waals surface area contributed by atoms with Gasteiger partial charge in [0.1, 0.15) is 0 Å². The lowest BCUT2D eigenvalue weighted by Crippen LogP contribution is -2.13. The van der Waals surface area contributed by atoms with Crippen LogP contribution in [-0.4, -0.2) is 23.4 Å². The predicted octanol–water partition coefficient (Wildman–Crippen LogP) is 0.455. The normalized spacial score (nSPS) is 9.79. The number of carboxylic acids is 1. The molecule has 3 N–H and O–H groups in total. The zero-order valence-electron chi connectivity index (χ0n) is 7.56. The molecule has 0 saturated carbocycles. The molecule has 0 amide bonds. The number of carboxylic acid groups (broad SMARTS) is 1. The Morgan fingerprint density at radius 2 is 2.07 bits per heavy atom. The second-order valence-electron chi connectivity index (χ2n) is 2.90. The van der Waals surface area contributed by atoms with Crippen molar-refractivity contribution >= 4 is 11.8 Å². The maximum absolute atomic E-state index is 11.2. The molecule has 0 atom stereocenters. The zero-order chi connectivity index (χ0) is 10.6. The fraction of sp³-hybridized carbons (Fsp3) is 0.200. The van der Waals surface area contributed by atoms with Crippen molar-refractivity contribution in [1.82, 2.24) is 0 Å². The van der Waals surface area contributed by atoms with Gasteiger partial charge in [-0.1, -0.05) is 18.2 Å². The molecule has 4 nitrogen and oxygen atoms in total. The summed E-state index contributed by atoms with van der Waals surface area (Å²) in [5.41, 5.74) is 6.26. The van der Waals surface area contributed by atoms with E-state index in [0.717, 1.165) is 0 Å². The van der Waals surface area contributed by atoms with Crippen LogP contribution in [0.5, 0.6) is 0 Å². The summed E-state index contributed by atoms with van der Waals surface area (Å²) in [6.45, 7) is -0.0590. The highest BCUT2D eigenvalue weighted by Crippen LogP contribution is 2.06. The molecule has 14 heavy (non-hydrogen) atoms. The van der Waals surface area contributed by atoms with Gasteiger partial charge in [-0.25, -0.2) is 0 Å². The largest absolute Gasteiger partial charge is 0.481 e. The van der Waals surface area contributed by atoms with Crippen LogP contribution in [0.15, 0.2) is 24.3 Å². The number of Topliss-reactive ketones (excluding diaryl/α,β-unsaturated/α-hetero) is 1. The predicted molar refractivity (Wildman–Crippen MR) is 51.2 cm³/mol. The van der Waals surface area contributed by atoms with Gasteiger partial charge in [-0.05, 0) is 11.6 Å². The summed E-state index contributed by atoms with van der Waals surface area (Å²) in [6, 6.07) is 6.51. The fourth-order valence-electron chi connectivity index (χ4n) is 1.15. The van der Waals surface area contributed by atoms with Gasteiger partial charge in [0.2, 0.25) is 0 Å². The lowest BCUT2D eigenvalue weighted by atomic mass is 10.1. The SMILES string of the molecule is NCC(=O)c1cccc(CC(=O)O)c1. The third-order valence-electron chi connectivity index (χ3n) is 1.79. The molecule has 0 aromatic heterocycles. The molecular weight excluding hydrogens is 182 g/mol. The molecule has 1 aromatic rings. The third-order valence-corrected chi connectivity index (χ3v) is 1.79. The summed E-state index contributed by atoms with van der Waals surface area (Å²) in [5, 5.41) is 8.54. The molecule has 0 fully saturated rings. The minimum Gasteiger partial charge on any atom is -0.481 e. The van der Waals surface area contributed by atoms with Crippen molar-refractivity contribution in [2.45, 2.75) is 6.42 Å². The van der Waals surface area contributed by atoms with Crippen LogP contribution in [0.4, 0.5) is 0 Å². The van der Waals surface area contributed by atoms with Crippen LogP contribution in [0, 0.1) is 0 Å². The van der Waals surface area contributed by atoms with E-state index >= 15 is 0 Å². The monoisotopic (exact) mass is 193 g/mol. The van der Waals surface area contributed by atoms with Gasteiger partial charge in [0, 0.05) is 5.56 Å². The average Bonchev–Trinajstić information content (AvgIpc) is 2.16. The molecular formula is C10H11NO3. The first kappa shape index (κ1) is 10.4. The first-order chi connectivity index (χ1) is 6.63. The molecule has 0 aliphatic carbocycles. The standard InChI is InChI=1S/C10H11NO3/c11-6-9(12)8-3-1-2-7(4-8)5-10(13)14/h1-4H,5-6,11H2,(H,13,14). The first-order valence-electron chi connectivity index (χ1n) is 4.17. The van der Waals surface area contributed by atoms with Crippen LogP contribution in [0.3, 0.4) is 0 Å².